The number of aryl methyl sites for hydroxylation is 1. The number of ketones is 1. The maximum absolute atomic E-state index is 12.4. The zero-order valence-corrected chi connectivity index (χ0v) is 9.98. The molecule has 7 heteroatoms. The average Bonchev–Trinajstić information content (AvgIpc) is 2.86. The third-order valence-corrected chi connectivity index (χ3v) is 2.54. The normalized spacial score (nSPS) is 11.6. The van der Waals surface area contributed by atoms with Crippen LogP contribution in [0.3, 0.4) is 0 Å². The molecule has 0 spiro atoms. The number of carbonyl (C=O) groups is 1. The van der Waals surface area contributed by atoms with Crippen molar-refractivity contribution in [1.82, 2.24) is 14.8 Å². The lowest BCUT2D eigenvalue weighted by atomic mass is 10.1. The van der Waals surface area contributed by atoms with Crippen molar-refractivity contribution in [1.29, 1.82) is 0 Å². The van der Waals surface area contributed by atoms with E-state index in [1.54, 1.807) is 4.68 Å². The Bertz CT molecular complexity index is 587. The van der Waals surface area contributed by atoms with Crippen LogP contribution in [-0.2, 0) is 12.7 Å². The largest absolute Gasteiger partial charge is 0.417 e. The quantitative estimate of drug-likeness (QED) is 0.804. The summed E-state index contributed by atoms with van der Waals surface area (Å²) in [5, 5.41) is 3.93. The number of alkyl halides is 3. The van der Waals surface area contributed by atoms with Gasteiger partial charge >= 0.3 is 6.18 Å². The van der Waals surface area contributed by atoms with E-state index in [0.29, 0.717) is 18.3 Å². The monoisotopic (exact) mass is 269 g/mol. The van der Waals surface area contributed by atoms with Crippen molar-refractivity contribution < 1.29 is 18.0 Å². The Hall–Kier alpha value is -2.18. The van der Waals surface area contributed by atoms with Crippen LogP contribution in [0.5, 0.6) is 0 Å². The third kappa shape index (κ3) is 2.81. The van der Waals surface area contributed by atoms with E-state index in [2.05, 4.69) is 10.1 Å². The highest BCUT2D eigenvalue weighted by Gasteiger charge is 2.31. The first-order valence-corrected chi connectivity index (χ1v) is 5.52. The van der Waals surface area contributed by atoms with Crippen molar-refractivity contribution in [3.63, 3.8) is 0 Å². The Morgan fingerprint density at radius 3 is 2.53 bits per heavy atom. The average molecular weight is 269 g/mol. The van der Waals surface area contributed by atoms with Crippen molar-refractivity contribution in [2.75, 3.05) is 0 Å². The first kappa shape index (κ1) is 13.3. The van der Waals surface area contributed by atoms with Gasteiger partial charge in [0.25, 0.3) is 0 Å². The van der Waals surface area contributed by atoms with E-state index in [-0.39, 0.29) is 5.69 Å². The molecule has 0 unspecified atom stereocenters. The molecule has 0 saturated carbocycles. The molecule has 0 aliphatic rings. The molecule has 100 valence electrons. The second-order valence-electron chi connectivity index (χ2n) is 3.84. The van der Waals surface area contributed by atoms with Crippen LogP contribution in [0.1, 0.15) is 28.5 Å². The van der Waals surface area contributed by atoms with Crippen LogP contribution in [0.2, 0.25) is 0 Å². The van der Waals surface area contributed by atoms with Crippen LogP contribution in [0.4, 0.5) is 13.2 Å². The summed E-state index contributed by atoms with van der Waals surface area (Å²) in [5.74, 6) is -0.451. The van der Waals surface area contributed by atoms with Gasteiger partial charge in [0.1, 0.15) is 5.69 Å². The summed E-state index contributed by atoms with van der Waals surface area (Å²) in [6, 6.07) is 1.90. The molecule has 0 N–H and O–H groups in total. The lowest BCUT2D eigenvalue weighted by Crippen LogP contribution is -2.08. The maximum Gasteiger partial charge on any atom is 0.417 e. The lowest BCUT2D eigenvalue weighted by Gasteiger charge is -2.05. The Labute approximate surface area is 106 Å². The van der Waals surface area contributed by atoms with Gasteiger partial charge in [-0.05, 0) is 19.1 Å². The molecule has 0 atom stereocenters. The van der Waals surface area contributed by atoms with E-state index in [1.807, 2.05) is 6.92 Å². The van der Waals surface area contributed by atoms with Gasteiger partial charge in [0.2, 0.25) is 5.78 Å². The van der Waals surface area contributed by atoms with Crippen molar-refractivity contribution in [3.8, 4) is 0 Å². The molecule has 0 aromatic carbocycles. The molecule has 0 saturated heterocycles. The van der Waals surface area contributed by atoms with Gasteiger partial charge in [-0.1, -0.05) is 0 Å². The third-order valence-electron chi connectivity index (χ3n) is 2.54. The number of hydrogen-bond acceptors (Lipinski definition) is 3. The second kappa shape index (κ2) is 4.83. The Morgan fingerprint density at radius 1 is 1.32 bits per heavy atom. The zero-order chi connectivity index (χ0) is 14.0. The first-order valence-electron chi connectivity index (χ1n) is 5.52. The summed E-state index contributed by atoms with van der Waals surface area (Å²) in [7, 11) is 0. The van der Waals surface area contributed by atoms with Crippen LogP contribution in [-0.4, -0.2) is 20.5 Å². The minimum atomic E-state index is -4.46. The molecule has 2 heterocycles. The molecule has 0 aliphatic carbocycles. The smallest absolute Gasteiger partial charge is 0.287 e. The van der Waals surface area contributed by atoms with Crippen LogP contribution < -0.4 is 0 Å². The molecule has 0 bridgehead atoms. The summed E-state index contributed by atoms with van der Waals surface area (Å²) in [6.07, 6.45) is -0.911. The van der Waals surface area contributed by atoms with Crippen LogP contribution in [0.25, 0.3) is 0 Å². The van der Waals surface area contributed by atoms with Gasteiger partial charge in [-0.15, -0.1) is 0 Å². The van der Waals surface area contributed by atoms with E-state index in [0.717, 1.165) is 12.1 Å². The van der Waals surface area contributed by atoms with E-state index in [4.69, 9.17) is 0 Å². The predicted octanol–water partition coefficient (Wildman–Crippen LogP) is 2.55. The Kier molecular flexibility index (Phi) is 3.37. The van der Waals surface area contributed by atoms with Gasteiger partial charge in [-0.2, -0.15) is 18.3 Å². The molecular weight excluding hydrogens is 259 g/mol. The number of halogens is 3. The maximum atomic E-state index is 12.4. The highest BCUT2D eigenvalue weighted by atomic mass is 19.4. The van der Waals surface area contributed by atoms with Gasteiger partial charge in [-0.3, -0.25) is 14.5 Å². The van der Waals surface area contributed by atoms with Gasteiger partial charge in [0.15, 0.2) is 0 Å². The van der Waals surface area contributed by atoms with E-state index in [9.17, 15) is 18.0 Å². The topological polar surface area (TPSA) is 47.8 Å². The molecule has 0 aliphatic heterocycles. The highest BCUT2D eigenvalue weighted by molar-refractivity contribution is 6.07. The number of nitrogens with zero attached hydrogens (tertiary/aromatic N) is 3. The standard InChI is InChI=1S/C12H10F3N3O/c1-2-18-7-8(5-17-18)11(19)10-4-3-9(6-16-10)12(13,14)15/h3-7H,2H2,1H3. The van der Waals surface area contributed by atoms with Gasteiger partial charge in [-0.25, -0.2) is 0 Å². The van der Waals surface area contributed by atoms with E-state index >= 15 is 0 Å². The van der Waals surface area contributed by atoms with Gasteiger partial charge in [0.05, 0.1) is 17.3 Å². The summed E-state index contributed by atoms with van der Waals surface area (Å²) in [5.41, 5.74) is -0.619. The van der Waals surface area contributed by atoms with Crippen LogP contribution in [0, 0.1) is 0 Å². The number of aromatic nitrogens is 3. The SMILES string of the molecule is CCn1cc(C(=O)c2ccc(C(F)(F)F)cn2)cn1. The molecule has 0 radical (unpaired) electrons. The zero-order valence-electron chi connectivity index (χ0n) is 9.98. The van der Waals surface area contributed by atoms with Crippen molar-refractivity contribution in [2.45, 2.75) is 19.6 Å². The number of carbonyl (C=O) groups excluding carboxylic acids is 1. The molecule has 2 aromatic heterocycles. The fourth-order valence-corrected chi connectivity index (χ4v) is 1.50. The fraction of sp³-hybridized carbons (Fsp3) is 0.250. The van der Waals surface area contributed by atoms with Crippen molar-refractivity contribution in [3.05, 3.63) is 47.5 Å². The number of rotatable bonds is 3. The van der Waals surface area contributed by atoms with Gasteiger partial charge in [0, 0.05) is 18.9 Å². The van der Waals surface area contributed by atoms with Crippen molar-refractivity contribution >= 4 is 5.78 Å². The van der Waals surface area contributed by atoms with Gasteiger partial charge < -0.3 is 0 Å². The minimum absolute atomic E-state index is 0.0383. The Balaban J connectivity index is 2.25. The summed E-state index contributed by atoms with van der Waals surface area (Å²) in [6.45, 7) is 2.46. The van der Waals surface area contributed by atoms with E-state index in [1.165, 1.54) is 12.4 Å². The first-order chi connectivity index (χ1) is 8.91. The van der Waals surface area contributed by atoms with E-state index < -0.39 is 17.5 Å². The Morgan fingerprint density at radius 2 is 2.05 bits per heavy atom. The van der Waals surface area contributed by atoms with Crippen molar-refractivity contribution in [2.24, 2.45) is 0 Å². The van der Waals surface area contributed by atoms with Crippen LogP contribution >= 0.6 is 0 Å². The predicted molar refractivity (Wildman–Crippen MR) is 60.6 cm³/mol. The minimum Gasteiger partial charge on any atom is -0.287 e. The molecule has 4 nitrogen and oxygen atoms in total. The fourth-order valence-electron chi connectivity index (χ4n) is 1.50. The molecule has 0 fully saturated rings. The molecule has 19 heavy (non-hydrogen) atoms. The molecular formula is C12H10F3N3O. The molecule has 2 rings (SSSR count). The highest BCUT2D eigenvalue weighted by Crippen LogP contribution is 2.28. The summed E-state index contributed by atoms with van der Waals surface area (Å²) < 4.78 is 38.6. The molecule has 0 amide bonds. The second-order valence-corrected chi connectivity index (χ2v) is 3.84. The number of hydrogen-bond donors (Lipinski definition) is 0. The lowest BCUT2D eigenvalue weighted by molar-refractivity contribution is -0.137. The summed E-state index contributed by atoms with van der Waals surface area (Å²) >= 11 is 0. The number of pyridine rings is 1. The summed E-state index contributed by atoms with van der Waals surface area (Å²) in [4.78, 5) is 15.5. The molecule has 2 aromatic rings. The van der Waals surface area contributed by atoms with Crippen LogP contribution in [0.15, 0.2) is 30.7 Å².